The van der Waals surface area contributed by atoms with Gasteiger partial charge < -0.3 is 10.4 Å². The van der Waals surface area contributed by atoms with Crippen LogP contribution in [0.5, 0.6) is 0 Å². The number of carbonyl (C=O) groups excluding carboxylic acids is 1. The van der Waals surface area contributed by atoms with Gasteiger partial charge in [-0.15, -0.1) is 11.3 Å². The van der Waals surface area contributed by atoms with Crippen molar-refractivity contribution in [3.05, 3.63) is 52.5 Å². The fourth-order valence-electron chi connectivity index (χ4n) is 4.81. The molecule has 0 saturated heterocycles. The average molecular weight is 434 g/mol. The average Bonchev–Trinajstić information content (AvgIpc) is 3.33. The molecular weight excluding hydrogens is 406 g/mol. The van der Waals surface area contributed by atoms with Crippen molar-refractivity contribution < 1.29 is 9.90 Å². The van der Waals surface area contributed by atoms with Gasteiger partial charge in [-0.3, -0.25) is 4.79 Å². The molecule has 160 valence electrons. The Bertz CT molecular complexity index is 1090. The van der Waals surface area contributed by atoms with E-state index < -0.39 is 0 Å². The standard InChI is InChI=1S/C25H27N3O2S/c29-15-17-8-10-19-18(13-17)9-11-20-23(19)28-24(21-7-4-12-31-21)25(26-20)27-22(30)14-16-5-2-1-3-6-16/h4,7-8,10,12-13,16,29H,1-3,5-6,9,11,14-15H2,(H,26,27,30). The zero-order valence-corrected chi connectivity index (χ0v) is 18.4. The number of fused-ring (bicyclic) bond motifs is 3. The summed E-state index contributed by atoms with van der Waals surface area (Å²) in [6.45, 7) is 0.0399. The second-order valence-corrected chi connectivity index (χ2v) is 9.55. The number of nitrogens with zero attached hydrogens (tertiary/aromatic N) is 2. The molecule has 1 aromatic carbocycles. The Kier molecular flexibility index (Phi) is 5.83. The second-order valence-electron chi connectivity index (χ2n) is 8.60. The molecule has 2 aromatic heterocycles. The van der Waals surface area contributed by atoms with Gasteiger partial charge in [-0.05, 0) is 54.2 Å². The highest BCUT2D eigenvalue weighted by Crippen LogP contribution is 2.37. The molecule has 5 nitrogen and oxygen atoms in total. The predicted octanol–water partition coefficient (Wildman–Crippen LogP) is 5.37. The predicted molar refractivity (Wildman–Crippen MR) is 124 cm³/mol. The molecule has 0 bridgehead atoms. The number of thiophene rings is 1. The first-order valence-electron chi connectivity index (χ1n) is 11.2. The third kappa shape index (κ3) is 4.27. The topological polar surface area (TPSA) is 75.1 Å². The van der Waals surface area contributed by atoms with Gasteiger partial charge >= 0.3 is 0 Å². The summed E-state index contributed by atoms with van der Waals surface area (Å²) in [6.07, 6.45) is 8.25. The lowest BCUT2D eigenvalue weighted by molar-refractivity contribution is -0.117. The fourth-order valence-corrected chi connectivity index (χ4v) is 5.52. The van der Waals surface area contributed by atoms with Crippen LogP contribution in [0.3, 0.4) is 0 Å². The van der Waals surface area contributed by atoms with E-state index in [4.69, 9.17) is 9.97 Å². The molecular formula is C25H27N3O2S. The maximum atomic E-state index is 12.8. The second kappa shape index (κ2) is 8.89. The molecule has 0 atom stereocenters. The van der Waals surface area contributed by atoms with Crippen LogP contribution in [-0.4, -0.2) is 21.0 Å². The summed E-state index contributed by atoms with van der Waals surface area (Å²) in [4.78, 5) is 23.8. The van der Waals surface area contributed by atoms with Crippen LogP contribution in [0.2, 0.25) is 0 Å². The highest BCUT2D eigenvalue weighted by Gasteiger charge is 2.24. The van der Waals surface area contributed by atoms with Gasteiger partial charge in [0.2, 0.25) is 5.91 Å². The molecule has 1 fully saturated rings. The smallest absolute Gasteiger partial charge is 0.225 e. The molecule has 2 N–H and O–H groups in total. The van der Waals surface area contributed by atoms with Crippen LogP contribution in [0.15, 0.2) is 35.7 Å². The van der Waals surface area contributed by atoms with Crippen molar-refractivity contribution in [2.24, 2.45) is 5.92 Å². The molecule has 0 unspecified atom stereocenters. The summed E-state index contributed by atoms with van der Waals surface area (Å²) < 4.78 is 0. The van der Waals surface area contributed by atoms with Crippen molar-refractivity contribution >= 4 is 23.1 Å². The van der Waals surface area contributed by atoms with E-state index in [1.165, 1.54) is 24.8 Å². The molecule has 0 aliphatic heterocycles. The van der Waals surface area contributed by atoms with Crippen LogP contribution in [0.25, 0.3) is 21.8 Å². The molecule has 1 saturated carbocycles. The quantitative estimate of drug-likeness (QED) is 0.567. The lowest BCUT2D eigenvalue weighted by Crippen LogP contribution is -2.20. The maximum absolute atomic E-state index is 12.8. The molecule has 2 aliphatic rings. The number of anilines is 1. The van der Waals surface area contributed by atoms with Gasteiger partial charge in [-0.25, -0.2) is 9.97 Å². The Morgan fingerprint density at radius 1 is 1.10 bits per heavy atom. The van der Waals surface area contributed by atoms with E-state index in [-0.39, 0.29) is 12.5 Å². The van der Waals surface area contributed by atoms with Gasteiger partial charge in [-0.2, -0.15) is 0 Å². The van der Waals surface area contributed by atoms with E-state index >= 15 is 0 Å². The number of amides is 1. The first-order chi connectivity index (χ1) is 15.2. The molecule has 2 heterocycles. The summed E-state index contributed by atoms with van der Waals surface area (Å²) in [5, 5.41) is 14.6. The van der Waals surface area contributed by atoms with E-state index in [0.717, 1.165) is 58.8 Å². The summed E-state index contributed by atoms with van der Waals surface area (Å²) >= 11 is 1.60. The highest BCUT2D eigenvalue weighted by atomic mass is 32.1. The first kappa shape index (κ1) is 20.3. The van der Waals surface area contributed by atoms with Gasteiger partial charge in [0.25, 0.3) is 0 Å². The number of aryl methyl sites for hydroxylation is 2. The minimum atomic E-state index is 0.0399. The molecule has 0 radical (unpaired) electrons. The molecule has 1 amide bonds. The number of aliphatic hydroxyl groups is 1. The van der Waals surface area contributed by atoms with Gasteiger partial charge in [0, 0.05) is 12.0 Å². The summed E-state index contributed by atoms with van der Waals surface area (Å²) in [6, 6.07) is 10.1. The Labute approximate surface area is 186 Å². The van der Waals surface area contributed by atoms with Gasteiger partial charge in [0.1, 0.15) is 5.69 Å². The van der Waals surface area contributed by atoms with Crippen LogP contribution in [0, 0.1) is 5.92 Å². The van der Waals surface area contributed by atoms with Crippen molar-refractivity contribution in [1.29, 1.82) is 0 Å². The Morgan fingerprint density at radius 2 is 1.97 bits per heavy atom. The molecule has 5 rings (SSSR count). The van der Waals surface area contributed by atoms with Crippen LogP contribution in [0.4, 0.5) is 5.82 Å². The number of nitrogens with one attached hydrogen (secondary N) is 1. The van der Waals surface area contributed by atoms with Crippen molar-refractivity contribution in [3.63, 3.8) is 0 Å². The zero-order chi connectivity index (χ0) is 21.2. The molecule has 3 aromatic rings. The Hall–Kier alpha value is -2.57. The van der Waals surface area contributed by atoms with E-state index in [2.05, 4.69) is 11.4 Å². The van der Waals surface area contributed by atoms with Gasteiger partial charge in [0.05, 0.1) is 22.9 Å². The van der Waals surface area contributed by atoms with E-state index in [9.17, 15) is 9.90 Å². The van der Waals surface area contributed by atoms with E-state index in [1.807, 2.05) is 29.6 Å². The first-order valence-corrected chi connectivity index (χ1v) is 12.1. The third-order valence-electron chi connectivity index (χ3n) is 6.42. The van der Waals surface area contributed by atoms with Gasteiger partial charge in [0.15, 0.2) is 5.82 Å². The monoisotopic (exact) mass is 433 g/mol. The SMILES string of the molecule is O=C(CC1CCCCC1)Nc1nc2c(nc1-c1cccs1)-c1ccc(CO)cc1CC2. The number of aromatic nitrogens is 2. The minimum Gasteiger partial charge on any atom is -0.392 e. The van der Waals surface area contributed by atoms with Crippen molar-refractivity contribution in [2.45, 2.75) is 58.0 Å². The van der Waals surface area contributed by atoms with E-state index in [0.29, 0.717) is 18.2 Å². The van der Waals surface area contributed by atoms with Gasteiger partial charge in [-0.1, -0.05) is 43.5 Å². The van der Waals surface area contributed by atoms with Crippen molar-refractivity contribution in [2.75, 3.05) is 5.32 Å². The van der Waals surface area contributed by atoms with E-state index in [1.54, 1.807) is 11.3 Å². The van der Waals surface area contributed by atoms with Crippen LogP contribution in [-0.2, 0) is 24.2 Å². The lowest BCUT2D eigenvalue weighted by Gasteiger charge is -2.22. The molecule has 0 spiro atoms. The minimum absolute atomic E-state index is 0.0399. The van der Waals surface area contributed by atoms with Crippen molar-refractivity contribution in [1.82, 2.24) is 9.97 Å². The summed E-state index contributed by atoms with van der Waals surface area (Å²) in [5.41, 5.74) is 5.74. The number of benzene rings is 1. The third-order valence-corrected chi connectivity index (χ3v) is 7.29. The molecule has 6 heteroatoms. The fraction of sp³-hybridized carbons (Fsp3) is 0.400. The summed E-state index contributed by atoms with van der Waals surface area (Å²) in [7, 11) is 0. The zero-order valence-electron chi connectivity index (χ0n) is 17.6. The number of hydrogen-bond acceptors (Lipinski definition) is 5. The van der Waals surface area contributed by atoms with Crippen LogP contribution >= 0.6 is 11.3 Å². The number of carbonyl (C=O) groups is 1. The molecule has 31 heavy (non-hydrogen) atoms. The maximum Gasteiger partial charge on any atom is 0.225 e. The number of hydrogen-bond donors (Lipinski definition) is 2. The Morgan fingerprint density at radius 3 is 2.74 bits per heavy atom. The van der Waals surface area contributed by atoms with Crippen LogP contribution in [0.1, 0.15) is 55.3 Å². The van der Waals surface area contributed by atoms with Crippen molar-refractivity contribution in [3.8, 4) is 21.8 Å². The number of rotatable bonds is 5. The number of aliphatic hydroxyl groups excluding tert-OH is 1. The highest BCUT2D eigenvalue weighted by molar-refractivity contribution is 7.13. The normalized spacial score (nSPS) is 15.9. The summed E-state index contributed by atoms with van der Waals surface area (Å²) in [5.74, 6) is 1.11. The molecule has 2 aliphatic carbocycles. The van der Waals surface area contributed by atoms with Crippen LogP contribution < -0.4 is 5.32 Å². The lowest BCUT2D eigenvalue weighted by atomic mass is 9.87. The largest absolute Gasteiger partial charge is 0.392 e. The Balaban J connectivity index is 1.49.